The first kappa shape index (κ1) is 8.02. The molecule has 0 radical (unpaired) electrons. The molecule has 10 heavy (non-hydrogen) atoms. The van der Waals surface area contributed by atoms with Gasteiger partial charge >= 0.3 is 0 Å². The Hall–Kier alpha value is -0.0800. The van der Waals surface area contributed by atoms with E-state index in [-0.39, 0.29) is 0 Å². The molecule has 0 heterocycles. The molecule has 0 aromatic carbocycles. The van der Waals surface area contributed by atoms with Crippen molar-refractivity contribution >= 4 is 0 Å². The van der Waals surface area contributed by atoms with Crippen LogP contribution >= 0.6 is 0 Å². The number of hydrogen-bond donors (Lipinski definition) is 1. The fourth-order valence-electron chi connectivity index (χ4n) is 1.27. The van der Waals surface area contributed by atoms with Crippen LogP contribution < -0.4 is 5.73 Å². The number of ether oxygens (including phenoxy) is 1. The van der Waals surface area contributed by atoms with E-state index in [1.807, 2.05) is 6.92 Å². The summed E-state index contributed by atoms with van der Waals surface area (Å²) in [6.45, 7) is 4.62. The van der Waals surface area contributed by atoms with Crippen molar-refractivity contribution in [1.29, 1.82) is 0 Å². The summed E-state index contributed by atoms with van der Waals surface area (Å²) in [4.78, 5) is 0. The van der Waals surface area contributed by atoms with Crippen LogP contribution in [0.4, 0.5) is 0 Å². The molecule has 0 aliphatic heterocycles. The van der Waals surface area contributed by atoms with Crippen LogP contribution in [-0.4, -0.2) is 19.8 Å². The van der Waals surface area contributed by atoms with Gasteiger partial charge in [0.1, 0.15) is 0 Å². The van der Waals surface area contributed by atoms with Crippen LogP contribution in [0.2, 0.25) is 0 Å². The molecule has 1 aliphatic rings. The maximum Gasteiger partial charge on any atom is 0.0522 e. The highest BCUT2D eigenvalue weighted by Crippen LogP contribution is 2.48. The molecule has 2 nitrogen and oxygen atoms in total. The van der Waals surface area contributed by atoms with Gasteiger partial charge in [-0.25, -0.2) is 0 Å². The Kier molecular flexibility index (Phi) is 2.69. The van der Waals surface area contributed by atoms with Gasteiger partial charge in [0.2, 0.25) is 0 Å². The molecule has 60 valence electrons. The highest BCUT2D eigenvalue weighted by molar-refractivity contribution is 4.92. The van der Waals surface area contributed by atoms with E-state index in [9.17, 15) is 0 Å². The summed E-state index contributed by atoms with van der Waals surface area (Å²) in [7, 11) is 0. The van der Waals surface area contributed by atoms with Crippen LogP contribution in [0.15, 0.2) is 0 Å². The molecule has 0 aromatic heterocycles. The number of nitrogens with two attached hydrogens (primary N) is 1. The van der Waals surface area contributed by atoms with Gasteiger partial charge in [-0.05, 0) is 38.1 Å². The van der Waals surface area contributed by atoms with Gasteiger partial charge in [-0.1, -0.05) is 0 Å². The van der Waals surface area contributed by atoms with E-state index in [0.29, 0.717) is 5.41 Å². The first-order valence-corrected chi connectivity index (χ1v) is 4.11. The molecule has 0 atom stereocenters. The normalized spacial score (nSPS) is 21.0. The summed E-state index contributed by atoms with van der Waals surface area (Å²) in [5.41, 5.74) is 5.98. The summed E-state index contributed by atoms with van der Waals surface area (Å²) in [5.74, 6) is 0. The van der Waals surface area contributed by atoms with E-state index in [2.05, 4.69) is 0 Å². The molecule has 0 amide bonds. The fourth-order valence-corrected chi connectivity index (χ4v) is 1.27. The maximum absolute atomic E-state index is 5.47. The standard InChI is InChI=1S/C8H17NO/c1-2-10-7-8(3-4-8)5-6-9/h2-7,9H2,1H3. The van der Waals surface area contributed by atoms with Gasteiger partial charge in [0.25, 0.3) is 0 Å². The Labute approximate surface area is 62.7 Å². The first-order chi connectivity index (χ1) is 4.83. The summed E-state index contributed by atoms with van der Waals surface area (Å²) in [5, 5.41) is 0. The van der Waals surface area contributed by atoms with Crippen LogP contribution in [0.25, 0.3) is 0 Å². The van der Waals surface area contributed by atoms with E-state index >= 15 is 0 Å². The van der Waals surface area contributed by atoms with E-state index < -0.39 is 0 Å². The van der Waals surface area contributed by atoms with Crippen molar-refractivity contribution in [1.82, 2.24) is 0 Å². The largest absolute Gasteiger partial charge is 0.381 e. The van der Waals surface area contributed by atoms with Crippen LogP contribution in [0.1, 0.15) is 26.2 Å². The minimum Gasteiger partial charge on any atom is -0.381 e. The zero-order chi connectivity index (χ0) is 7.45. The summed E-state index contributed by atoms with van der Waals surface area (Å²) in [6, 6.07) is 0. The minimum atomic E-state index is 0.505. The third-order valence-corrected chi connectivity index (χ3v) is 2.24. The molecule has 0 spiro atoms. The van der Waals surface area contributed by atoms with Gasteiger partial charge in [0, 0.05) is 6.61 Å². The van der Waals surface area contributed by atoms with Gasteiger partial charge < -0.3 is 10.5 Å². The van der Waals surface area contributed by atoms with Crippen molar-refractivity contribution in [2.45, 2.75) is 26.2 Å². The third-order valence-electron chi connectivity index (χ3n) is 2.24. The minimum absolute atomic E-state index is 0.505. The summed E-state index contributed by atoms with van der Waals surface area (Å²) < 4.78 is 5.36. The lowest BCUT2D eigenvalue weighted by Crippen LogP contribution is -2.15. The lowest BCUT2D eigenvalue weighted by atomic mass is 10.0. The molecule has 0 saturated heterocycles. The molecule has 1 fully saturated rings. The molecule has 0 bridgehead atoms. The van der Waals surface area contributed by atoms with Gasteiger partial charge in [0.05, 0.1) is 6.61 Å². The van der Waals surface area contributed by atoms with Crippen LogP contribution in [0, 0.1) is 5.41 Å². The maximum atomic E-state index is 5.47. The van der Waals surface area contributed by atoms with Crippen molar-refractivity contribution in [3.8, 4) is 0 Å². The Morgan fingerprint density at radius 2 is 2.20 bits per heavy atom. The van der Waals surface area contributed by atoms with E-state index in [1.54, 1.807) is 0 Å². The highest BCUT2D eigenvalue weighted by atomic mass is 16.5. The molecule has 0 unspecified atom stereocenters. The average molecular weight is 143 g/mol. The lowest BCUT2D eigenvalue weighted by Gasteiger charge is -2.12. The second-order valence-electron chi connectivity index (χ2n) is 3.18. The zero-order valence-corrected chi connectivity index (χ0v) is 6.73. The van der Waals surface area contributed by atoms with Crippen molar-refractivity contribution in [3.63, 3.8) is 0 Å². The monoisotopic (exact) mass is 143 g/mol. The van der Waals surface area contributed by atoms with Gasteiger partial charge in [0.15, 0.2) is 0 Å². The van der Waals surface area contributed by atoms with Crippen molar-refractivity contribution in [2.24, 2.45) is 11.1 Å². The lowest BCUT2D eigenvalue weighted by molar-refractivity contribution is 0.0978. The Morgan fingerprint density at radius 1 is 1.50 bits per heavy atom. The van der Waals surface area contributed by atoms with Gasteiger partial charge in [-0.15, -0.1) is 0 Å². The van der Waals surface area contributed by atoms with Crippen LogP contribution in [-0.2, 0) is 4.74 Å². The second kappa shape index (κ2) is 3.35. The molecule has 1 saturated carbocycles. The summed E-state index contributed by atoms with van der Waals surface area (Å²) >= 11 is 0. The van der Waals surface area contributed by atoms with E-state index in [4.69, 9.17) is 10.5 Å². The molecular weight excluding hydrogens is 126 g/mol. The topological polar surface area (TPSA) is 35.2 Å². The average Bonchev–Trinajstić information content (AvgIpc) is 2.67. The molecule has 1 rings (SSSR count). The van der Waals surface area contributed by atoms with Crippen molar-refractivity contribution in [2.75, 3.05) is 19.8 Å². The van der Waals surface area contributed by atoms with Crippen molar-refractivity contribution in [3.05, 3.63) is 0 Å². The first-order valence-electron chi connectivity index (χ1n) is 4.11. The van der Waals surface area contributed by atoms with E-state index in [0.717, 1.165) is 26.2 Å². The highest BCUT2D eigenvalue weighted by Gasteiger charge is 2.41. The number of rotatable bonds is 5. The van der Waals surface area contributed by atoms with Crippen molar-refractivity contribution < 1.29 is 4.74 Å². The Balaban J connectivity index is 2.11. The Bertz CT molecular complexity index is 99.4. The zero-order valence-electron chi connectivity index (χ0n) is 6.73. The fraction of sp³-hybridized carbons (Fsp3) is 1.00. The third kappa shape index (κ3) is 1.96. The number of hydrogen-bond acceptors (Lipinski definition) is 2. The smallest absolute Gasteiger partial charge is 0.0522 e. The second-order valence-corrected chi connectivity index (χ2v) is 3.18. The summed E-state index contributed by atoms with van der Waals surface area (Å²) in [6.07, 6.45) is 3.79. The molecule has 2 heteroatoms. The predicted octanol–water partition coefficient (Wildman–Crippen LogP) is 1.15. The van der Waals surface area contributed by atoms with E-state index in [1.165, 1.54) is 12.8 Å². The van der Waals surface area contributed by atoms with Crippen LogP contribution in [0.3, 0.4) is 0 Å². The quantitative estimate of drug-likeness (QED) is 0.626. The molecule has 0 aromatic rings. The predicted molar refractivity (Wildman–Crippen MR) is 41.8 cm³/mol. The Morgan fingerprint density at radius 3 is 2.60 bits per heavy atom. The molecular formula is C8H17NO. The van der Waals surface area contributed by atoms with Gasteiger partial charge in [-0.3, -0.25) is 0 Å². The molecule has 1 aliphatic carbocycles. The SMILES string of the molecule is CCOCC1(CCN)CC1. The van der Waals surface area contributed by atoms with Crippen LogP contribution in [0.5, 0.6) is 0 Å². The molecule has 2 N–H and O–H groups in total. The van der Waals surface area contributed by atoms with Gasteiger partial charge in [-0.2, -0.15) is 0 Å².